The highest BCUT2D eigenvalue weighted by molar-refractivity contribution is 7.90. The summed E-state index contributed by atoms with van der Waals surface area (Å²) in [5.74, 6) is -0.175. The first-order valence-corrected chi connectivity index (χ1v) is 8.26. The lowest BCUT2D eigenvalue weighted by molar-refractivity contribution is -0.120. The Morgan fingerprint density at radius 3 is 2.67 bits per heavy atom. The molecule has 0 bridgehead atoms. The van der Waals surface area contributed by atoms with Gasteiger partial charge in [-0.05, 0) is 31.9 Å². The summed E-state index contributed by atoms with van der Waals surface area (Å²) in [6, 6.07) is 4.60. The molecular weight excluding hydrogens is 294 g/mol. The molecule has 0 atom stereocenters. The number of rotatable bonds is 4. The van der Waals surface area contributed by atoms with Crippen LogP contribution in [-0.2, 0) is 14.8 Å². The molecule has 0 aromatic carbocycles. The number of pyridine rings is 1. The minimum absolute atomic E-state index is 0.180. The van der Waals surface area contributed by atoms with E-state index < -0.39 is 21.5 Å². The maximum atomic E-state index is 12.1. The normalized spacial score (nSPS) is 20.8. The molecule has 1 amide bonds. The highest BCUT2D eigenvalue weighted by Crippen LogP contribution is 2.30. The molecule has 0 unspecified atom stereocenters. The monoisotopic (exact) mass is 311 g/mol. The summed E-state index contributed by atoms with van der Waals surface area (Å²) in [6.45, 7) is 2.51. The fourth-order valence-corrected chi connectivity index (χ4v) is 3.29. The zero-order chi connectivity index (χ0) is 15.3. The van der Waals surface area contributed by atoms with Crippen LogP contribution in [0.15, 0.2) is 23.2 Å². The van der Waals surface area contributed by atoms with Crippen molar-refractivity contribution < 1.29 is 18.3 Å². The van der Waals surface area contributed by atoms with Crippen molar-refractivity contribution in [1.29, 1.82) is 0 Å². The maximum absolute atomic E-state index is 12.1. The van der Waals surface area contributed by atoms with Crippen LogP contribution in [-0.4, -0.2) is 43.1 Å². The van der Waals surface area contributed by atoms with Crippen molar-refractivity contribution in [3.8, 4) is 0 Å². The van der Waals surface area contributed by atoms with E-state index in [1.54, 1.807) is 24.0 Å². The van der Waals surface area contributed by atoms with Gasteiger partial charge in [0.05, 0.1) is 5.60 Å². The van der Waals surface area contributed by atoms with E-state index in [9.17, 15) is 18.3 Å². The number of nitrogens with one attached hydrogen (secondary N) is 1. The van der Waals surface area contributed by atoms with Gasteiger partial charge in [-0.15, -0.1) is 0 Å². The standard InChI is InChI=1S/C13H17N3O4S/c1-13(18)7-16(8-13)10-3-2-4-11(14-10)21(19,20)15-12(17)9-5-6-9/h2-4,9,18H,5-8H2,1H3,(H,15,17). The lowest BCUT2D eigenvalue weighted by Gasteiger charge is -2.44. The molecular formula is C13H17N3O4S. The number of anilines is 1. The predicted octanol–water partition coefficient (Wildman–Crippen LogP) is -0.133. The minimum atomic E-state index is -3.93. The second kappa shape index (κ2) is 4.67. The van der Waals surface area contributed by atoms with E-state index in [-0.39, 0.29) is 10.9 Å². The predicted molar refractivity (Wildman–Crippen MR) is 75.1 cm³/mol. The molecule has 1 aromatic rings. The van der Waals surface area contributed by atoms with Crippen molar-refractivity contribution in [2.75, 3.05) is 18.0 Å². The van der Waals surface area contributed by atoms with Crippen molar-refractivity contribution >= 4 is 21.7 Å². The molecule has 1 saturated heterocycles. The first kappa shape index (κ1) is 14.3. The number of aliphatic hydroxyl groups is 1. The van der Waals surface area contributed by atoms with Crippen LogP contribution in [0, 0.1) is 5.92 Å². The van der Waals surface area contributed by atoms with E-state index in [4.69, 9.17) is 0 Å². The molecule has 1 aliphatic heterocycles. The molecule has 21 heavy (non-hydrogen) atoms. The van der Waals surface area contributed by atoms with E-state index in [0.29, 0.717) is 18.9 Å². The summed E-state index contributed by atoms with van der Waals surface area (Å²) in [5, 5.41) is 9.54. The number of nitrogens with zero attached hydrogens (tertiary/aromatic N) is 2. The van der Waals surface area contributed by atoms with Crippen molar-refractivity contribution in [2.24, 2.45) is 5.92 Å². The van der Waals surface area contributed by atoms with Crippen LogP contribution in [0.1, 0.15) is 19.8 Å². The van der Waals surface area contributed by atoms with Crippen LogP contribution in [0.2, 0.25) is 0 Å². The second-order valence-electron chi connectivity index (χ2n) is 5.93. The topological polar surface area (TPSA) is 99.6 Å². The average molecular weight is 311 g/mol. The van der Waals surface area contributed by atoms with Crippen molar-refractivity contribution in [3.05, 3.63) is 18.2 Å². The number of hydrogen-bond acceptors (Lipinski definition) is 6. The molecule has 1 aromatic heterocycles. The SMILES string of the molecule is CC1(O)CN(c2cccc(S(=O)(=O)NC(=O)C3CC3)n2)C1. The molecule has 2 heterocycles. The minimum Gasteiger partial charge on any atom is -0.386 e. The number of carbonyl (C=O) groups excluding carboxylic acids is 1. The first-order chi connectivity index (χ1) is 9.77. The van der Waals surface area contributed by atoms with Crippen LogP contribution in [0.5, 0.6) is 0 Å². The molecule has 2 N–H and O–H groups in total. The Labute approximate surface area is 123 Å². The quantitative estimate of drug-likeness (QED) is 0.803. The van der Waals surface area contributed by atoms with Crippen LogP contribution in [0.25, 0.3) is 0 Å². The van der Waals surface area contributed by atoms with Gasteiger partial charge in [0.1, 0.15) is 5.82 Å². The molecule has 0 radical (unpaired) electrons. The zero-order valence-electron chi connectivity index (χ0n) is 11.6. The molecule has 8 heteroatoms. The average Bonchev–Trinajstić information content (AvgIpc) is 3.19. The van der Waals surface area contributed by atoms with E-state index in [1.807, 2.05) is 0 Å². The second-order valence-corrected chi connectivity index (χ2v) is 7.56. The molecule has 2 aliphatic rings. The van der Waals surface area contributed by atoms with Gasteiger partial charge in [0.2, 0.25) is 5.91 Å². The summed E-state index contributed by atoms with van der Waals surface area (Å²) >= 11 is 0. The van der Waals surface area contributed by atoms with Gasteiger partial charge >= 0.3 is 0 Å². The molecule has 7 nitrogen and oxygen atoms in total. The Morgan fingerprint density at radius 2 is 2.10 bits per heavy atom. The summed E-state index contributed by atoms with van der Waals surface area (Å²) < 4.78 is 26.3. The summed E-state index contributed by atoms with van der Waals surface area (Å²) in [6.07, 6.45) is 1.47. The fourth-order valence-electron chi connectivity index (χ4n) is 2.28. The van der Waals surface area contributed by atoms with Gasteiger partial charge in [0.15, 0.2) is 5.03 Å². The van der Waals surface area contributed by atoms with Crippen molar-refractivity contribution in [1.82, 2.24) is 9.71 Å². The Morgan fingerprint density at radius 1 is 1.43 bits per heavy atom. The van der Waals surface area contributed by atoms with Gasteiger partial charge in [-0.3, -0.25) is 4.79 Å². The van der Waals surface area contributed by atoms with Gasteiger partial charge in [0.25, 0.3) is 10.0 Å². The van der Waals surface area contributed by atoms with E-state index in [1.165, 1.54) is 6.07 Å². The molecule has 1 saturated carbocycles. The van der Waals surface area contributed by atoms with E-state index in [2.05, 4.69) is 9.71 Å². The van der Waals surface area contributed by atoms with Crippen LogP contribution in [0.4, 0.5) is 5.82 Å². The van der Waals surface area contributed by atoms with Gasteiger partial charge < -0.3 is 10.0 Å². The fraction of sp³-hybridized carbons (Fsp3) is 0.538. The van der Waals surface area contributed by atoms with Gasteiger partial charge in [-0.25, -0.2) is 9.71 Å². The van der Waals surface area contributed by atoms with Crippen molar-refractivity contribution in [3.63, 3.8) is 0 Å². The lowest BCUT2D eigenvalue weighted by atomic mass is 9.97. The molecule has 0 spiro atoms. The van der Waals surface area contributed by atoms with Gasteiger partial charge in [0, 0.05) is 19.0 Å². The van der Waals surface area contributed by atoms with Crippen molar-refractivity contribution in [2.45, 2.75) is 30.4 Å². The van der Waals surface area contributed by atoms with E-state index >= 15 is 0 Å². The van der Waals surface area contributed by atoms with Gasteiger partial charge in [-0.2, -0.15) is 8.42 Å². The smallest absolute Gasteiger partial charge is 0.281 e. The molecule has 3 rings (SSSR count). The first-order valence-electron chi connectivity index (χ1n) is 6.78. The largest absolute Gasteiger partial charge is 0.386 e. The molecule has 1 aliphatic carbocycles. The molecule has 114 valence electrons. The number of aromatic nitrogens is 1. The number of sulfonamides is 1. The third kappa shape index (κ3) is 3.01. The van der Waals surface area contributed by atoms with Crippen LogP contribution < -0.4 is 9.62 Å². The number of carbonyl (C=O) groups is 1. The van der Waals surface area contributed by atoms with Crippen LogP contribution in [0.3, 0.4) is 0 Å². The lowest BCUT2D eigenvalue weighted by Crippen LogP contribution is -2.60. The van der Waals surface area contributed by atoms with Gasteiger partial charge in [-0.1, -0.05) is 6.07 Å². The summed E-state index contributed by atoms with van der Waals surface area (Å²) in [7, 11) is -3.93. The highest BCUT2D eigenvalue weighted by Gasteiger charge is 2.38. The maximum Gasteiger partial charge on any atom is 0.281 e. The Kier molecular flexibility index (Phi) is 3.18. The van der Waals surface area contributed by atoms with Crippen LogP contribution >= 0.6 is 0 Å². The highest BCUT2D eigenvalue weighted by atomic mass is 32.2. The zero-order valence-corrected chi connectivity index (χ0v) is 12.4. The summed E-state index contributed by atoms with van der Waals surface area (Å²) in [4.78, 5) is 17.5. The Hall–Kier alpha value is -1.67. The Balaban J connectivity index is 1.77. The number of amides is 1. The molecule has 2 fully saturated rings. The summed E-state index contributed by atoms with van der Waals surface area (Å²) in [5.41, 5.74) is -0.767. The Bertz CT molecular complexity index is 674. The third-order valence-corrected chi connectivity index (χ3v) is 4.80. The third-order valence-electron chi connectivity index (χ3n) is 3.55. The van der Waals surface area contributed by atoms with E-state index in [0.717, 1.165) is 12.8 Å². The number of hydrogen-bond donors (Lipinski definition) is 2. The number of β-amino-alcohol motifs (C(OH)–C–C–N with tert-alkyl or cyclic N) is 1.